The number of nitrogens with zero attached hydrogens (tertiary/aromatic N) is 3. The van der Waals surface area contributed by atoms with Crippen LogP contribution in [0.15, 0.2) is 40.7 Å². The van der Waals surface area contributed by atoms with Crippen molar-refractivity contribution in [2.75, 3.05) is 19.6 Å². The first-order valence-electron chi connectivity index (χ1n) is 7.59. The van der Waals surface area contributed by atoms with Gasteiger partial charge in [0, 0.05) is 25.3 Å². The fourth-order valence-corrected chi connectivity index (χ4v) is 3.66. The summed E-state index contributed by atoms with van der Waals surface area (Å²) in [5.41, 5.74) is 2.78. The normalized spacial score (nSPS) is 32.2. The number of hydrogen-bond acceptors (Lipinski definition) is 3. The van der Waals surface area contributed by atoms with Crippen LogP contribution >= 0.6 is 0 Å². The molecule has 4 rings (SSSR count). The third kappa shape index (κ3) is 1.92. The summed E-state index contributed by atoms with van der Waals surface area (Å²) in [5.74, 6) is 1.21. The lowest BCUT2D eigenvalue weighted by Gasteiger charge is -2.36. The van der Waals surface area contributed by atoms with E-state index >= 15 is 0 Å². The Morgan fingerprint density at radius 3 is 3.05 bits per heavy atom. The third-order valence-corrected chi connectivity index (χ3v) is 4.66. The zero-order chi connectivity index (χ0) is 12.7. The summed E-state index contributed by atoms with van der Waals surface area (Å²) >= 11 is 0. The molecule has 19 heavy (non-hydrogen) atoms. The molecule has 1 atom stereocenters. The van der Waals surface area contributed by atoms with Crippen molar-refractivity contribution < 1.29 is 0 Å². The number of allylic oxidation sites excluding steroid dienone is 3. The summed E-state index contributed by atoms with van der Waals surface area (Å²) in [4.78, 5) is 9.98. The summed E-state index contributed by atoms with van der Waals surface area (Å²) in [7, 11) is 0. The Kier molecular flexibility index (Phi) is 2.71. The lowest BCUT2D eigenvalue weighted by atomic mass is 10.0. The van der Waals surface area contributed by atoms with Gasteiger partial charge in [-0.05, 0) is 44.3 Å². The van der Waals surface area contributed by atoms with Crippen LogP contribution in [0.1, 0.15) is 32.1 Å². The van der Waals surface area contributed by atoms with Gasteiger partial charge < -0.3 is 9.80 Å². The monoisotopic (exact) mass is 255 g/mol. The highest BCUT2D eigenvalue weighted by molar-refractivity contribution is 5.96. The Labute approximate surface area is 115 Å². The topological polar surface area (TPSA) is 18.8 Å². The summed E-state index contributed by atoms with van der Waals surface area (Å²) in [6.45, 7) is 3.61. The van der Waals surface area contributed by atoms with Gasteiger partial charge in [0.2, 0.25) is 0 Å². The second-order valence-electron chi connectivity index (χ2n) is 5.87. The van der Waals surface area contributed by atoms with E-state index in [0.717, 1.165) is 13.0 Å². The van der Waals surface area contributed by atoms with E-state index in [1.807, 2.05) is 0 Å². The highest BCUT2D eigenvalue weighted by Crippen LogP contribution is 2.31. The predicted molar refractivity (Wildman–Crippen MR) is 77.9 cm³/mol. The molecule has 3 aliphatic heterocycles. The van der Waals surface area contributed by atoms with E-state index in [1.165, 1.54) is 56.0 Å². The van der Waals surface area contributed by atoms with Crippen LogP contribution in [0.25, 0.3) is 0 Å². The summed E-state index contributed by atoms with van der Waals surface area (Å²) < 4.78 is 0. The molecule has 0 aromatic rings. The molecule has 0 aromatic carbocycles. The van der Waals surface area contributed by atoms with Gasteiger partial charge in [0.05, 0.1) is 11.7 Å². The molecule has 3 heterocycles. The summed E-state index contributed by atoms with van der Waals surface area (Å²) in [6.07, 6.45) is 15.3. The smallest absolute Gasteiger partial charge is 0.131 e. The first kappa shape index (κ1) is 11.3. The van der Waals surface area contributed by atoms with Crippen molar-refractivity contribution in [1.82, 2.24) is 9.80 Å². The molecule has 0 saturated carbocycles. The number of rotatable bonds is 0. The zero-order valence-corrected chi connectivity index (χ0v) is 11.4. The van der Waals surface area contributed by atoms with E-state index in [-0.39, 0.29) is 0 Å². The summed E-state index contributed by atoms with van der Waals surface area (Å²) in [5, 5.41) is 0. The average Bonchev–Trinajstić information content (AvgIpc) is 2.76. The molecular weight excluding hydrogens is 234 g/mol. The van der Waals surface area contributed by atoms with Crippen molar-refractivity contribution in [2.24, 2.45) is 4.99 Å². The van der Waals surface area contributed by atoms with Gasteiger partial charge in [-0.2, -0.15) is 0 Å². The molecule has 1 fully saturated rings. The van der Waals surface area contributed by atoms with Crippen LogP contribution < -0.4 is 0 Å². The second kappa shape index (κ2) is 4.55. The Bertz CT molecular complexity index is 498. The minimum absolute atomic E-state index is 0.506. The maximum absolute atomic E-state index is 4.87. The number of fused-ring (bicyclic) bond motifs is 4. The van der Waals surface area contributed by atoms with E-state index < -0.39 is 0 Å². The molecule has 3 nitrogen and oxygen atoms in total. The minimum Gasteiger partial charge on any atom is -0.375 e. The molecule has 0 aromatic heterocycles. The first-order chi connectivity index (χ1) is 9.42. The molecular formula is C16H21N3. The Morgan fingerprint density at radius 1 is 1.11 bits per heavy atom. The standard InChI is InChI=1S/C16H21N3/c1-2-8-15-14(7-1)17-16-12-13-6-3-4-9-18(13)10-5-11-19(15)16/h1-2,7,12,15H,3-6,8-11H2/b13-12-. The average molecular weight is 255 g/mol. The molecule has 3 heteroatoms. The van der Waals surface area contributed by atoms with E-state index in [1.54, 1.807) is 0 Å². The van der Waals surface area contributed by atoms with Gasteiger partial charge in [0.15, 0.2) is 0 Å². The molecule has 0 N–H and O–H groups in total. The van der Waals surface area contributed by atoms with E-state index in [2.05, 4.69) is 34.1 Å². The lowest BCUT2D eigenvalue weighted by molar-refractivity contribution is 0.259. The molecule has 1 saturated heterocycles. The van der Waals surface area contributed by atoms with Crippen molar-refractivity contribution in [1.29, 1.82) is 0 Å². The molecule has 1 aliphatic carbocycles. The Morgan fingerprint density at radius 2 is 2.05 bits per heavy atom. The van der Waals surface area contributed by atoms with Gasteiger partial charge in [-0.25, -0.2) is 4.99 Å². The quantitative estimate of drug-likeness (QED) is 0.663. The maximum atomic E-state index is 4.87. The van der Waals surface area contributed by atoms with Crippen LogP contribution in [0.5, 0.6) is 0 Å². The van der Waals surface area contributed by atoms with Crippen molar-refractivity contribution >= 4 is 5.84 Å². The van der Waals surface area contributed by atoms with Crippen molar-refractivity contribution in [3.05, 3.63) is 35.7 Å². The molecule has 4 aliphatic rings. The van der Waals surface area contributed by atoms with Crippen LogP contribution in [-0.4, -0.2) is 41.3 Å². The fraction of sp³-hybridized carbons (Fsp3) is 0.562. The highest BCUT2D eigenvalue weighted by Gasteiger charge is 2.32. The van der Waals surface area contributed by atoms with Gasteiger partial charge in [-0.15, -0.1) is 0 Å². The minimum atomic E-state index is 0.506. The molecule has 0 bridgehead atoms. The van der Waals surface area contributed by atoms with Crippen molar-refractivity contribution in [3.8, 4) is 0 Å². The molecule has 0 radical (unpaired) electrons. The molecule has 0 amide bonds. The van der Waals surface area contributed by atoms with Crippen molar-refractivity contribution in [2.45, 2.75) is 38.1 Å². The Balaban J connectivity index is 1.70. The first-order valence-corrected chi connectivity index (χ1v) is 7.59. The lowest BCUT2D eigenvalue weighted by Crippen LogP contribution is -2.41. The maximum Gasteiger partial charge on any atom is 0.131 e. The van der Waals surface area contributed by atoms with Crippen LogP contribution in [0, 0.1) is 0 Å². The van der Waals surface area contributed by atoms with E-state index in [4.69, 9.17) is 4.99 Å². The number of hydrogen-bond donors (Lipinski definition) is 0. The molecule has 0 spiro atoms. The van der Waals surface area contributed by atoms with E-state index in [0.29, 0.717) is 6.04 Å². The van der Waals surface area contributed by atoms with Crippen LogP contribution in [0.3, 0.4) is 0 Å². The highest BCUT2D eigenvalue weighted by atomic mass is 15.3. The summed E-state index contributed by atoms with van der Waals surface area (Å²) in [6, 6.07) is 0.506. The van der Waals surface area contributed by atoms with Crippen LogP contribution in [0.2, 0.25) is 0 Å². The van der Waals surface area contributed by atoms with Gasteiger partial charge in [-0.3, -0.25) is 0 Å². The number of piperidine rings is 1. The van der Waals surface area contributed by atoms with Gasteiger partial charge in [-0.1, -0.05) is 12.2 Å². The van der Waals surface area contributed by atoms with Crippen LogP contribution in [0.4, 0.5) is 0 Å². The largest absolute Gasteiger partial charge is 0.375 e. The third-order valence-electron chi connectivity index (χ3n) is 4.66. The number of amidine groups is 1. The predicted octanol–water partition coefficient (Wildman–Crippen LogP) is 2.69. The number of aliphatic imine (C=N–C) groups is 1. The van der Waals surface area contributed by atoms with Crippen molar-refractivity contribution in [3.63, 3.8) is 0 Å². The van der Waals surface area contributed by atoms with E-state index in [9.17, 15) is 0 Å². The Hall–Kier alpha value is -1.51. The van der Waals surface area contributed by atoms with Crippen LogP contribution in [-0.2, 0) is 0 Å². The SMILES string of the molecule is C1=CCC2C(=C1)N=C1/C=C3/CCCCN3CCCN12. The molecule has 1 unspecified atom stereocenters. The van der Waals surface area contributed by atoms with Gasteiger partial charge >= 0.3 is 0 Å². The van der Waals surface area contributed by atoms with Gasteiger partial charge in [0.25, 0.3) is 0 Å². The van der Waals surface area contributed by atoms with Gasteiger partial charge in [0.1, 0.15) is 5.84 Å². The fourth-order valence-electron chi connectivity index (χ4n) is 3.66. The molecule has 100 valence electrons. The second-order valence-corrected chi connectivity index (χ2v) is 5.87. The zero-order valence-electron chi connectivity index (χ0n) is 11.4.